The van der Waals surface area contributed by atoms with Crippen LogP contribution >= 0.6 is 11.3 Å². The molecule has 4 rings (SSSR count). The molecule has 24 heavy (non-hydrogen) atoms. The predicted octanol–water partition coefficient (Wildman–Crippen LogP) is 3.68. The van der Waals surface area contributed by atoms with Gasteiger partial charge in [0.25, 0.3) is 0 Å². The maximum atomic E-state index is 6.31. The quantitative estimate of drug-likeness (QED) is 0.328. The molecule has 0 radical (unpaired) electrons. The summed E-state index contributed by atoms with van der Waals surface area (Å²) in [6, 6.07) is 20.7. The lowest BCUT2D eigenvalue weighted by molar-refractivity contribution is 0.814. The Morgan fingerprint density at radius 2 is 1.75 bits per heavy atom. The summed E-state index contributed by atoms with van der Waals surface area (Å²) in [5.74, 6) is 0. The van der Waals surface area contributed by atoms with Gasteiger partial charge in [0.15, 0.2) is 0 Å². The van der Waals surface area contributed by atoms with Gasteiger partial charge in [0.2, 0.25) is 5.36 Å². The molecule has 2 aromatic carbocycles. The van der Waals surface area contributed by atoms with Crippen LogP contribution in [0.3, 0.4) is 0 Å². The van der Waals surface area contributed by atoms with Crippen LogP contribution in [0.5, 0.6) is 0 Å². The van der Waals surface area contributed by atoms with Gasteiger partial charge >= 0.3 is 0 Å². The van der Waals surface area contributed by atoms with E-state index in [4.69, 9.17) is 10.7 Å². The summed E-state index contributed by atoms with van der Waals surface area (Å²) in [6.45, 7) is 0. The number of fused-ring (bicyclic) bond motifs is 2. The second-order valence-electron chi connectivity index (χ2n) is 6.03. The van der Waals surface area contributed by atoms with Gasteiger partial charge in [0.1, 0.15) is 14.1 Å². The van der Waals surface area contributed by atoms with Crippen molar-refractivity contribution in [1.29, 1.82) is 0 Å². The molecule has 0 atom stereocenters. The standard InChI is InChI=1S/C20H17N3S/c1-23(2)14-8-9-17-19(10-14)24-20-12-16(21)15(11-18(20)22-17)13-6-4-3-5-7-13/h3-12,21H,1-2H3/p+1. The fourth-order valence-corrected chi connectivity index (χ4v) is 3.85. The molecular weight excluding hydrogens is 314 g/mol. The molecule has 1 aliphatic carbocycles. The summed E-state index contributed by atoms with van der Waals surface area (Å²) in [5, 5.41) is 1.17. The third kappa shape index (κ3) is 2.55. The van der Waals surface area contributed by atoms with Gasteiger partial charge in [-0.2, -0.15) is 0 Å². The van der Waals surface area contributed by atoms with E-state index in [1.165, 1.54) is 10.2 Å². The van der Waals surface area contributed by atoms with Crippen LogP contribution < -0.4 is 15.7 Å². The number of hydrogen-bond acceptors (Lipinski definition) is 3. The van der Waals surface area contributed by atoms with Crippen LogP contribution in [0.25, 0.3) is 31.9 Å². The van der Waals surface area contributed by atoms with Crippen molar-refractivity contribution in [1.82, 2.24) is 9.56 Å². The molecule has 0 unspecified atom stereocenters. The summed E-state index contributed by atoms with van der Waals surface area (Å²) < 4.78 is 3.21. The summed E-state index contributed by atoms with van der Waals surface area (Å²) in [7, 11) is 4.09. The Morgan fingerprint density at radius 3 is 2.50 bits per heavy atom. The zero-order valence-corrected chi connectivity index (χ0v) is 14.5. The fourth-order valence-electron chi connectivity index (χ4n) is 2.82. The lowest BCUT2D eigenvalue weighted by atomic mass is 10.0. The van der Waals surface area contributed by atoms with Gasteiger partial charge in [-0.25, -0.2) is 9.56 Å². The second-order valence-corrected chi connectivity index (χ2v) is 7.12. The zero-order chi connectivity index (χ0) is 16.7. The van der Waals surface area contributed by atoms with E-state index in [1.54, 1.807) is 11.3 Å². The highest BCUT2D eigenvalue weighted by atomic mass is 32.1. The van der Waals surface area contributed by atoms with Crippen LogP contribution in [0.2, 0.25) is 0 Å². The first kappa shape index (κ1) is 14.8. The van der Waals surface area contributed by atoms with E-state index in [9.17, 15) is 0 Å². The summed E-state index contributed by atoms with van der Waals surface area (Å²) in [6.07, 6.45) is 0. The predicted molar refractivity (Wildman–Crippen MR) is 103 cm³/mol. The van der Waals surface area contributed by atoms with Crippen molar-refractivity contribution in [2.75, 3.05) is 19.8 Å². The maximum Gasteiger partial charge on any atom is 0.201 e. The minimum atomic E-state index is 0.787. The molecule has 1 heterocycles. The van der Waals surface area contributed by atoms with Crippen LogP contribution in [-0.4, -0.2) is 19.1 Å². The Bertz CT molecular complexity index is 1080. The number of nitrogens with zero attached hydrogens (tertiary/aromatic N) is 2. The van der Waals surface area contributed by atoms with Crippen LogP contribution in [0, 0.1) is 0 Å². The highest BCUT2D eigenvalue weighted by molar-refractivity contribution is 7.21. The third-order valence-corrected chi connectivity index (χ3v) is 5.23. The number of nitrogen functional groups attached to an aromatic ring is 1. The minimum absolute atomic E-state index is 0.787. The van der Waals surface area contributed by atoms with Crippen molar-refractivity contribution in [3.8, 4) is 21.7 Å². The second kappa shape index (κ2) is 5.73. The van der Waals surface area contributed by atoms with Crippen molar-refractivity contribution in [2.45, 2.75) is 0 Å². The van der Waals surface area contributed by atoms with Gasteiger partial charge in [0.05, 0.1) is 20.8 Å². The van der Waals surface area contributed by atoms with E-state index in [2.05, 4.69) is 41.0 Å². The Labute approximate surface area is 144 Å². The Balaban J connectivity index is 1.99. The SMILES string of the molecule is C[N+](C)=c1ccc2nc3cc(-c4ccccc4)c(N)cc3sc-2c1. The normalized spacial score (nSPS) is 11.1. The van der Waals surface area contributed by atoms with Crippen molar-refractivity contribution in [3.05, 3.63) is 66.0 Å². The molecular formula is C20H18N3S+. The van der Waals surface area contributed by atoms with E-state index in [1.807, 2.05) is 38.4 Å². The average molecular weight is 332 g/mol. The van der Waals surface area contributed by atoms with E-state index in [-0.39, 0.29) is 0 Å². The van der Waals surface area contributed by atoms with Crippen LogP contribution in [0.4, 0.5) is 5.69 Å². The highest BCUT2D eigenvalue weighted by Crippen LogP contribution is 2.35. The first-order chi connectivity index (χ1) is 11.6. The molecule has 3 nitrogen and oxygen atoms in total. The number of benzene rings is 3. The average Bonchev–Trinajstić information content (AvgIpc) is 2.59. The molecule has 0 saturated heterocycles. The fraction of sp³-hybridized carbons (Fsp3) is 0.100. The molecule has 0 bridgehead atoms. The molecule has 0 spiro atoms. The number of anilines is 1. The monoisotopic (exact) mass is 332 g/mol. The van der Waals surface area contributed by atoms with Gasteiger partial charge in [-0.15, -0.1) is 11.3 Å². The number of rotatable bonds is 1. The Hall–Kier alpha value is -2.72. The Morgan fingerprint density at radius 1 is 0.958 bits per heavy atom. The van der Waals surface area contributed by atoms with Gasteiger partial charge in [-0.1, -0.05) is 30.3 Å². The van der Waals surface area contributed by atoms with Gasteiger partial charge < -0.3 is 5.73 Å². The van der Waals surface area contributed by atoms with Crippen LogP contribution in [-0.2, 0) is 0 Å². The molecule has 0 saturated carbocycles. The lowest BCUT2D eigenvalue weighted by Gasteiger charge is -2.10. The molecule has 2 aliphatic rings. The molecule has 0 amide bonds. The minimum Gasteiger partial charge on any atom is -0.398 e. The van der Waals surface area contributed by atoms with Crippen LogP contribution in [0.15, 0.2) is 60.7 Å². The van der Waals surface area contributed by atoms with Crippen LogP contribution in [0.1, 0.15) is 0 Å². The van der Waals surface area contributed by atoms with Gasteiger partial charge in [-0.3, -0.25) is 0 Å². The zero-order valence-electron chi connectivity index (χ0n) is 13.7. The van der Waals surface area contributed by atoms with Gasteiger partial charge in [-0.05, 0) is 23.8 Å². The number of hydrogen-bond donors (Lipinski definition) is 1. The van der Waals surface area contributed by atoms with Crippen molar-refractivity contribution < 1.29 is 0 Å². The van der Waals surface area contributed by atoms with E-state index in [0.29, 0.717) is 0 Å². The molecule has 4 heteroatoms. The summed E-state index contributed by atoms with van der Waals surface area (Å²) in [4.78, 5) is 6.01. The molecule has 1 aliphatic heterocycles. The summed E-state index contributed by atoms with van der Waals surface area (Å²) in [5.41, 5.74) is 11.3. The molecule has 2 N–H and O–H groups in total. The lowest BCUT2D eigenvalue weighted by Crippen LogP contribution is -2.21. The Kier molecular flexibility index (Phi) is 3.54. The summed E-state index contributed by atoms with van der Waals surface area (Å²) >= 11 is 1.73. The van der Waals surface area contributed by atoms with Gasteiger partial charge in [0, 0.05) is 23.4 Å². The van der Waals surface area contributed by atoms with Crippen molar-refractivity contribution in [3.63, 3.8) is 0 Å². The highest BCUT2D eigenvalue weighted by Gasteiger charge is 2.11. The molecule has 0 aromatic heterocycles. The first-order valence-corrected chi connectivity index (χ1v) is 8.63. The topological polar surface area (TPSA) is 41.9 Å². The van der Waals surface area contributed by atoms with Crippen molar-refractivity contribution in [2.24, 2.45) is 0 Å². The van der Waals surface area contributed by atoms with Crippen molar-refractivity contribution >= 4 is 27.2 Å². The molecule has 0 fully saturated rings. The molecule has 2 aromatic rings. The number of nitrogens with two attached hydrogens (primary N) is 1. The smallest absolute Gasteiger partial charge is 0.201 e. The first-order valence-electron chi connectivity index (χ1n) is 7.82. The maximum absolute atomic E-state index is 6.31. The van der Waals surface area contributed by atoms with E-state index in [0.717, 1.165) is 32.7 Å². The number of aromatic nitrogens is 1. The largest absolute Gasteiger partial charge is 0.398 e. The third-order valence-electron chi connectivity index (χ3n) is 4.14. The van der Waals surface area contributed by atoms with E-state index >= 15 is 0 Å². The van der Waals surface area contributed by atoms with E-state index < -0.39 is 0 Å². The molecule has 118 valence electrons.